The quantitative estimate of drug-likeness (QED) is 0.631. The molecule has 31 heavy (non-hydrogen) atoms. The van der Waals surface area contributed by atoms with Crippen molar-refractivity contribution in [2.24, 2.45) is 0 Å². The van der Waals surface area contributed by atoms with E-state index in [1.54, 1.807) is 30.6 Å². The topological polar surface area (TPSA) is 84.3 Å². The van der Waals surface area contributed by atoms with E-state index < -0.39 is 6.10 Å². The van der Waals surface area contributed by atoms with Gasteiger partial charge in [0.1, 0.15) is 12.4 Å². The predicted molar refractivity (Wildman–Crippen MR) is 114 cm³/mol. The summed E-state index contributed by atoms with van der Waals surface area (Å²) in [4.78, 5) is 21.3. The molecule has 6 nitrogen and oxygen atoms in total. The highest BCUT2D eigenvalue weighted by atomic mass is 19.1. The smallest absolute Gasteiger partial charge is 0.253 e. The van der Waals surface area contributed by atoms with E-state index >= 15 is 0 Å². The Morgan fingerprint density at radius 1 is 1.16 bits per heavy atom. The van der Waals surface area contributed by atoms with Crippen molar-refractivity contribution in [1.82, 2.24) is 15.3 Å². The number of rotatable bonds is 6. The second kappa shape index (κ2) is 9.66. The van der Waals surface area contributed by atoms with Crippen LogP contribution in [0, 0.1) is 5.82 Å². The Labute approximate surface area is 180 Å². The zero-order valence-electron chi connectivity index (χ0n) is 17.0. The Balaban J connectivity index is 1.59. The molecule has 0 saturated heterocycles. The zero-order valence-corrected chi connectivity index (χ0v) is 17.0. The van der Waals surface area contributed by atoms with Crippen molar-refractivity contribution in [2.45, 2.75) is 44.4 Å². The van der Waals surface area contributed by atoms with Crippen molar-refractivity contribution < 1.29 is 19.0 Å². The molecule has 2 aromatic heterocycles. The van der Waals surface area contributed by atoms with E-state index in [2.05, 4.69) is 15.3 Å². The Hall–Kier alpha value is -3.32. The second-order valence-corrected chi connectivity index (χ2v) is 7.67. The lowest BCUT2D eigenvalue weighted by Crippen LogP contribution is -2.45. The predicted octanol–water partition coefficient (Wildman–Crippen LogP) is 3.90. The van der Waals surface area contributed by atoms with Crippen LogP contribution in [0.25, 0.3) is 11.1 Å². The van der Waals surface area contributed by atoms with Crippen LogP contribution < -0.4 is 10.1 Å². The maximum Gasteiger partial charge on any atom is 0.253 e. The summed E-state index contributed by atoms with van der Waals surface area (Å²) >= 11 is 0. The van der Waals surface area contributed by atoms with Crippen molar-refractivity contribution >= 4 is 5.91 Å². The fourth-order valence-corrected chi connectivity index (χ4v) is 3.69. The van der Waals surface area contributed by atoms with Crippen LogP contribution in [0.1, 0.15) is 41.6 Å². The molecule has 3 aromatic rings. The molecule has 0 spiro atoms. The van der Waals surface area contributed by atoms with Gasteiger partial charge >= 0.3 is 0 Å². The second-order valence-electron chi connectivity index (χ2n) is 7.67. The van der Waals surface area contributed by atoms with E-state index in [1.807, 2.05) is 12.1 Å². The van der Waals surface area contributed by atoms with E-state index in [9.17, 15) is 14.3 Å². The van der Waals surface area contributed by atoms with Gasteiger partial charge in [0.15, 0.2) is 0 Å². The highest BCUT2D eigenvalue weighted by Gasteiger charge is 2.25. The SMILES string of the molecule is O=C(N[C@@H]1CCCC[C@H]1O)c1cnc(OCc2cccnc2)c(-c2ccc(F)cc2)c1. The number of aromatic nitrogens is 2. The van der Waals surface area contributed by atoms with Gasteiger partial charge in [-0.2, -0.15) is 0 Å². The highest BCUT2D eigenvalue weighted by Crippen LogP contribution is 2.30. The molecule has 2 N–H and O–H groups in total. The van der Waals surface area contributed by atoms with Crippen LogP contribution >= 0.6 is 0 Å². The number of carbonyl (C=O) groups excluding carboxylic acids is 1. The molecule has 0 unspecified atom stereocenters. The van der Waals surface area contributed by atoms with Crippen LogP contribution in [0.3, 0.4) is 0 Å². The molecule has 0 aliphatic heterocycles. The van der Waals surface area contributed by atoms with Crippen LogP contribution in [-0.2, 0) is 6.61 Å². The van der Waals surface area contributed by atoms with Gasteiger partial charge < -0.3 is 15.2 Å². The van der Waals surface area contributed by atoms with E-state index in [-0.39, 0.29) is 24.4 Å². The molecule has 1 fully saturated rings. The summed E-state index contributed by atoms with van der Waals surface area (Å²) in [7, 11) is 0. The number of ether oxygens (including phenoxy) is 1. The van der Waals surface area contributed by atoms with E-state index in [0.29, 0.717) is 29.0 Å². The first-order valence-corrected chi connectivity index (χ1v) is 10.4. The van der Waals surface area contributed by atoms with Gasteiger partial charge in [0.2, 0.25) is 5.88 Å². The molecule has 160 valence electrons. The fraction of sp³-hybridized carbons (Fsp3) is 0.292. The molecule has 2 heterocycles. The first-order valence-electron chi connectivity index (χ1n) is 10.4. The third-order valence-corrected chi connectivity index (χ3v) is 5.41. The van der Waals surface area contributed by atoms with Gasteiger partial charge in [-0.3, -0.25) is 9.78 Å². The largest absolute Gasteiger partial charge is 0.472 e. The first-order chi connectivity index (χ1) is 15.1. The molecule has 1 aliphatic rings. The Bertz CT molecular complexity index is 1030. The lowest BCUT2D eigenvalue weighted by atomic mass is 9.92. The summed E-state index contributed by atoms with van der Waals surface area (Å²) in [5.41, 5.74) is 2.50. The van der Waals surface area contributed by atoms with Crippen LogP contribution in [0.4, 0.5) is 4.39 Å². The summed E-state index contributed by atoms with van der Waals surface area (Å²) in [6.45, 7) is 0.259. The van der Waals surface area contributed by atoms with Crippen molar-refractivity contribution in [3.05, 3.63) is 78.0 Å². The van der Waals surface area contributed by atoms with Crippen LogP contribution in [0.2, 0.25) is 0 Å². The minimum Gasteiger partial charge on any atom is -0.472 e. The van der Waals surface area contributed by atoms with Gasteiger partial charge in [0.25, 0.3) is 5.91 Å². The zero-order chi connectivity index (χ0) is 21.6. The molecule has 4 rings (SSSR count). The molecule has 7 heteroatoms. The number of nitrogens with zero attached hydrogens (tertiary/aromatic N) is 2. The summed E-state index contributed by atoms with van der Waals surface area (Å²) in [6, 6.07) is 11.1. The number of aliphatic hydroxyl groups excluding tert-OH is 1. The van der Waals surface area contributed by atoms with E-state index in [4.69, 9.17) is 4.74 Å². The third-order valence-electron chi connectivity index (χ3n) is 5.41. The maximum atomic E-state index is 13.4. The number of aliphatic hydroxyl groups is 1. The summed E-state index contributed by atoms with van der Waals surface area (Å²) in [5.74, 6) is -0.319. The number of amides is 1. The lowest BCUT2D eigenvalue weighted by Gasteiger charge is -2.28. The number of nitrogens with one attached hydrogen (secondary N) is 1. The molecular formula is C24H24FN3O3. The van der Waals surface area contributed by atoms with Gasteiger partial charge in [-0.15, -0.1) is 0 Å². The summed E-state index contributed by atoms with van der Waals surface area (Å²) in [6.07, 6.45) is 7.68. The number of halogens is 1. The van der Waals surface area contributed by atoms with Crippen molar-refractivity contribution in [2.75, 3.05) is 0 Å². The Morgan fingerprint density at radius 3 is 2.71 bits per heavy atom. The molecule has 1 aromatic carbocycles. The monoisotopic (exact) mass is 421 g/mol. The average Bonchev–Trinajstić information content (AvgIpc) is 2.80. The van der Waals surface area contributed by atoms with E-state index in [0.717, 1.165) is 24.8 Å². The maximum absolute atomic E-state index is 13.4. The summed E-state index contributed by atoms with van der Waals surface area (Å²) < 4.78 is 19.3. The molecule has 0 radical (unpaired) electrons. The lowest BCUT2D eigenvalue weighted by molar-refractivity contribution is 0.0717. The third kappa shape index (κ3) is 5.24. The minimum absolute atomic E-state index is 0.259. The number of benzene rings is 1. The normalized spacial score (nSPS) is 18.4. The van der Waals surface area contributed by atoms with Gasteiger partial charge in [0, 0.05) is 29.7 Å². The fourth-order valence-electron chi connectivity index (χ4n) is 3.69. The first kappa shape index (κ1) is 20.9. The number of hydrogen-bond donors (Lipinski definition) is 2. The standard InChI is InChI=1S/C24H24FN3O3/c25-19-9-7-17(8-10-19)20-12-18(23(30)28-21-5-1-2-6-22(21)29)14-27-24(20)31-15-16-4-3-11-26-13-16/h3-4,7-14,21-22,29H,1-2,5-6,15H2,(H,28,30)/t21-,22-/m1/s1. The molecule has 1 amide bonds. The van der Waals surface area contributed by atoms with Crippen molar-refractivity contribution in [3.8, 4) is 17.0 Å². The molecular weight excluding hydrogens is 397 g/mol. The number of hydrogen-bond acceptors (Lipinski definition) is 5. The number of pyridine rings is 2. The van der Waals surface area contributed by atoms with Gasteiger partial charge in [-0.25, -0.2) is 9.37 Å². The molecule has 2 atom stereocenters. The van der Waals surface area contributed by atoms with Crippen molar-refractivity contribution in [1.29, 1.82) is 0 Å². The highest BCUT2D eigenvalue weighted by molar-refractivity contribution is 5.95. The van der Waals surface area contributed by atoms with Crippen molar-refractivity contribution in [3.63, 3.8) is 0 Å². The van der Waals surface area contributed by atoms with E-state index in [1.165, 1.54) is 18.3 Å². The van der Waals surface area contributed by atoms with Crippen LogP contribution in [0.15, 0.2) is 61.1 Å². The number of carbonyl (C=O) groups is 1. The molecule has 1 saturated carbocycles. The van der Waals surface area contributed by atoms with Gasteiger partial charge in [0.05, 0.1) is 17.7 Å². The van der Waals surface area contributed by atoms with Crippen LogP contribution in [-0.4, -0.2) is 33.1 Å². The van der Waals surface area contributed by atoms with Gasteiger partial charge in [-0.05, 0) is 42.7 Å². The summed E-state index contributed by atoms with van der Waals surface area (Å²) in [5, 5.41) is 13.1. The molecule has 0 bridgehead atoms. The van der Waals surface area contributed by atoms with Crippen LogP contribution in [0.5, 0.6) is 5.88 Å². The minimum atomic E-state index is -0.538. The average molecular weight is 421 g/mol. The molecule has 1 aliphatic carbocycles. The van der Waals surface area contributed by atoms with Gasteiger partial charge in [-0.1, -0.05) is 31.0 Å². The Morgan fingerprint density at radius 2 is 1.97 bits per heavy atom. The Kier molecular flexibility index (Phi) is 6.52.